The molecule has 3 heteroatoms. The number of hydrogen-bond acceptors (Lipinski definition) is 3. The number of rotatable bonds is 1. The summed E-state index contributed by atoms with van der Waals surface area (Å²) in [6, 6.07) is 5.08. The standard InChI is InChI=1S/C9H8O3/c1-11-9-4-6-2-3-12-8(6)5-7(9)10/h2-5,10H,1H3. The number of methoxy groups -OCH3 is 1. The molecule has 0 fully saturated rings. The summed E-state index contributed by atoms with van der Waals surface area (Å²) < 4.78 is 10.0. The summed E-state index contributed by atoms with van der Waals surface area (Å²) in [6.07, 6.45) is 1.57. The van der Waals surface area contributed by atoms with Crippen molar-refractivity contribution in [2.45, 2.75) is 0 Å². The van der Waals surface area contributed by atoms with E-state index < -0.39 is 0 Å². The van der Waals surface area contributed by atoms with Gasteiger partial charge in [0.2, 0.25) is 0 Å². The number of hydrogen-bond donors (Lipinski definition) is 1. The molecule has 1 aromatic carbocycles. The van der Waals surface area contributed by atoms with E-state index in [9.17, 15) is 5.11 Å². The first kappa shape index (κ1) is 7.03. The second-order valence-corrected chi connectivity index (χ2v) is 2.48. The van der Waals surface area contributed by atoms with Crippen molar-refractivity contribution in [3.63, 3.8) is 0 Å². The smallest absolute Gasteiger partial charge is 0.161 e. The van der Waals surface area contributed by atoms with E-state index in [1.807, 2.05) is 6.07 Å². The Bertz CT molecular complexity index is 403. The van der Waals surface area contributed by atoms with Crippen molar-refractivity contribution in [2.75, 3.05) is 7.11 Å². The highest BCUT2D eigenvalue weighted by Crippen LogP contribution is 2.31. The van der Waals surface area contributed by atoms with Gasteiger partial charge >= 0.3 is 0 Å². The highest BCUT2D eigenvalue weighted by Gasteiger charge is 2.04. The highest BCUT2D eigenvalue weighted by atomic mass is 16.5. The molecule has 62 valence electrons. The van der Waals surface area contributed by atoms with Gasteiger partial charge in [0, 0.05) is 11.5 Å². The lowest BCUT2D eigenvalue weighted by Crippen LogP contribution is -1.82. The second kappa shape index (κ2) is 2.44. The van der Waals surface area contributed by atoms with Crippen LogP contribution >= 0.6 is 0 Å². The normalized spacial score (nSPS) is 10.4. The van der Waals surface area contributed by atoms with Crippen LogP contribution < -0.4 is 4.74 Å². The van der Waals surface area contributed by atoms with Gasteiger partial charge in [0.1, 0.15) is 5.58 Å². The van der Waals surface area contributed by atoms with Gasteiger partial charge in [-0.15, -0.1) is 0 Å². The quantitative estimate of drug-likeness (QED) is 0.702. The van der Waals surface area contributed by atoms with E-state index in [0.717, 1.165) is 5.39 Å². The van der Waals surface area contributed by atoms with Crippen molar-refractivity contribution in [3.05, 3.63) is 24.5 Å². The molecule has 0 bridgehead atoms. The summed E-state index contributed by atoms with van der Waals surface area (Å²) in [6.45, 7) is 0. The van der Waals surface area contributed by atoms with E-state index in [1.54, 1.807) is 12.3 Å². The SMILES string of the molecule is COc1cc2ccoc2cc1O. The number of benzene rings is 1. The summed E-state index contributed by atoms with van der Waals surface area (Å²) in [4.78, 5) is 0. The fourth-order valence-corrected chi connectivity index (χ4v) is 1.14. The van der Waals surface area contributed by atoms with Gasteiger partial charge in [-0.3, -0.25) is 0 Å². The molecule has 0 aliphatic carbocycles. The molecule has 0 aliphatic rings. The molecule has 0 unspecified atom stereocenters. The van der Waals surface area contributed by atoms with Crippen LogP contribution in [0.2, 0.25) is 0 Å². The van der Waals surface area contributed by atoms with Gasteiger partial charge < -0.3 is 14.3 Å². The maximum atomic E-state index is 9.34. The molecule has 1 heterocycles. The molecule has 3 nitrogen and oxygen atoms in total. The Hall–Kier alpha value is -1.64. The topological polar surface area (TPSA) is 42.6 Å². The molecule has 0 spiro atoms. The lowest BCUT2D eigenvalue weighted by atomic mass is 10.2. The van der Waals surface area contributed by atoms with Crippen molar-refractivity contribution in [2.24, 2.45) is 0 Å². The number of fused-ring (bicyclic) bond motifs is 1. The average molecular weight is 164 g/mol. The van der Waals surface area contributed by atoms with Crippen molar-refractivity contribution >= 4 is 11.0 Å². The zero-order chi connectivity index (χ0) is 8.55. The molecule has 2 aromatic rings. The Balaban J connectivity index is 2.73. The van der Waals surface area contributed by atoms with Crippen LogP contribution in [0.3, 0.4) is 0 Å². The first-order valence-electron chi connectivity index (χ1n) is 3.55. The van der Waals surface area contributed by atoms with Crippen LogP contribution in [-0.2, 0) is 0 Å². The number of phenols is 1. The molecule has 0 saturated carbocycles. The molecule has 0 aliphatic heterocycles. The maximum absolute atomic E-state index is 9.34. The third-order valence-corrected chi connectivity index (χ3v) is 1.75. The van der Waals surface area contributed by atoms with Crippen molar-refractivity contribution in [1.82, 2.24) is 0 Å². The third-order valence-electron chi connectivity index (χ3n) is 1.75. The summed E-state index contributed by atoms with van der Waals surface area (Å²) in [5.41, 5.74) is 0.660. The predicted molar refractivity (Wildman–Crippen MR) is 44.4 cm³/mol. The van der Waals surface area contributed by atoms with E-state index in [0.29, 0.717) is 11.3 Å². The molecular weight excluding hydrogens is 156 g/mol. The first-order chi connectivity index (χ1) is 5.81. The summed E-state index contributed by atoms with van der Waals surface area (Å²) in [5.74, 6) is 0.559. The molecular formula is C9H8O3. The minimum Gasteiger partial charge on any atom is -0.504 e. The fourth-order valence-electron chi connectivity index (χ4n) is 1.14. The van der Waals surface area contributed by atoms with Gasteiger partial charge in [-0.25, -0.2) is 0 Å². The van der Waals surface area contributed by atoms with Gasteiger partial charge in [-0.05, 0) is 12.1 Å². The number of ether oxygens (including phenoxy) is 1. The van der Waals surface area contributed by atoms with E-state index in [1.165, 1.54) is 13.2 Å². The van der Waals surface area contributed by atoms with Gasteiger partial charge in [0.25, 0.3) is 0 Å². The van der Waals surface area contributed by atoms with Crippen LogP contribution in [0, 0.1) is 0 Å². The zero-order valence-electron chi connectivity index (χ0n) is 6.57. The molecule has 2 rings (SSSR count). The number of phenolic OH excluding ortho intramolecular Hbond substituents is 1. The Morgan fingerprint density at radius 1 is 1.42 bits per heavy atom. The Labute approximate surface area is 69.2 Å². The molecule has 0 atom stereocenters. The average Bonchev–Trinajstić information content (AvgIpc) is 2.49. The first-order valence-corrected chi connectivity index (χ1v) is 3.55. The van der Waals surface area contributed by atoms with E-state index in [2.05, 4.69) is 0 Å². The van der Waals surface area contributed by atoms with Crippen LogP contribution in [0.15, 0.2) is 28.9 Å². The van der Waals surface area contributed by atoms with E-state index in [4.69, 9.17) is 9.15 Å². The highest BCUT2D eigenvalue weighted by molar-refractivity contribution is 5.81. The Kier molecular flexibility index (Phi) is 1.43. The Morgan fingerprint density at radius 2 is 2.25 bits per heavy atom. The Morgan fingerprint density at radius 3 is 3.00 bits per heavy atom. The fraction of sp³-hybridized carbons (Fsp3) is 0.111. The van der Waals surface area contributed by atoms with Crippen LogP contribution in [0.1, 0.15) is 0 Å². The zero-order valence-corrected chi connectivity index (χ0v) is 6.57. The van der Waals surface area contributed by atoms with Crippen LogP contribution in [0.4, 0.5) is 0 Å². The van der Waals surface area contributed by atoms with Crippen molar-refractivity contribution in [1.29, 1.82) is 0 Å². The van der Waals surface area contributed by atoms with Crippen LogP contribution in [-0.4, -0.2) is 12.2 Å². The van der Waals surface area contributed by atoms with Crippen LogP contribution in [0.5, 0.6) is 11.5 Å². The molecule has 0 radical (unpaired) electrons. The van der Waals surface area contributed by atoms with Gasteiger partial charge in [0.05, 0.1) is 13.4 Å². The molecule has 12 heavy (non-hydrogen) atoms. The van der Waals surface area contributed by atoms with E-state index >= 15 is 0 Å². The largest absolute Gasteiger partial charge is 0.504 e. The van der Waals surface area contributed by atoms with Crippen molar-refractivity contribution < 1.29 is 14.3 Å². The minimum atomic E-state index is 0.0972. The molecule has 1 N–H and O–H groups in total. The van der Waals surface area contributed by atoms with Gasteiger partial charge in [-0.1, -0.05) is 0 Å². The number of furan rings is 1. The minimum absolute atomic E-state index is 0.0972. The molecule has 0 saturated heterocycles. The van der Waals surface area contributed by atoms with E-state index in [-0.39, 0.29) is 5.75 Å². The summed E-state index contributed by atoms with van der Waals surface area (Å²) in [7, 11) is 1.51. The van der Waals surface area contributed by atoms with Crippen LogP contribution in [0.25, 0.3) is 11.0 Å². The third kappa shape index (κ3) is 0.906. The summed E-state index contributed by atoms with van der Waals surface area (Å²) >= 11 is 0. The van der Waals surface area contributed by atoms with Gasteiger partial charge in [-0.2, -0.15) is 0 Å². The summed E-state index contributed by atoms with van der Waals surface area (Å²) in [5, 5.41) is 10.3. The molecule has 0 amide bonds. The van der Waals surface area contributed by atoms with Crippen molar-refractivity contribution in [3.8, 4) is 11.5 Å². The predicted octanol–water partition coefficient (Wildman–Crippen LogP) is 2.15. The molecule has 1 aromatic heterocycles. The second-order valence-electron chi connectivity index (χ2n) is 2.48. The van der Waals surface area contributed by atoms with Gasteiger partial charge in [0.15, 0.2) is 11.5 Å². The lowest BCUT2D eigenvalue weighted by molar-refractivity contribution is 0.374. The number of aromatic hydroxyl groups is 1. The monoisotopic (exact) mass is 164 g/mol. The lowest BCUT2D eigenvalue weighted by Gasteiger charge is -2.01. The maximum Gasteiger partial charge on any atom is 0.161 e.